The third-order valence-electron chi connectivity index (χ3n) is 2.26. The second-order valence-electron chi connectivity index (χ2n) is 3.88. The van der Waals surface area contributed by atoms with Gasteiger partial charge in [-0.1, -0.05) is 18.2 Å². The lowest BCUT2D eigenvalue weighted by Crippen LogP contribution is -2.37. The van der Waals surface area contributed by atoms with Gasteiger partial charge in [0.2, 0.25) is 0 Å². The molecule has 1 aromatic carbocycles. The molecule has 0 aliphatic heterocycles. The van der Waals surface area contributed by atoms with Crippen LogP contribution >= 0.6 is 0 Å². The first-order valence-electron chi connectivity index (χ1n) is 5.68. The summed E-state index contributed by atoms with van der Waals surface area (Å²) in [6.45, 7) is -0.458. The SMILES string of the molecule is O=C(NCCO)C(=O)Nc1ccccc1CC(F)(F)F. The topological polar surface area (TPSA) is 78.4 Å². The molecular formula is C12H13F3N2O3. The molecule has 0 radical (unpaired) electrons. The van der Waals surface area contributed by atoms with Crippen molar-refractivity contribution in [1.29, 1.82) is 0 Å². The van der Waals surface area contributed by atoms with Gasteiger partial charge in [0, 0.05) is 12.2 Å². The van der Waals surface area contributed by atoms with E-state index in [0.29, 0.717) is 0 Å². The number of amides is 2. The maximum Gasteiger partial charge on any atom is 0.393 e. The number of halogens is 3. The van der Waals surface area contributed by atoms with Crippen molar-refractivity contribution in [3.05, 3.63) is 29.8 Å². The van der Waals surface area contributed by atoms with Crippen molar-refractivity contribution >= 4 is 17.5 Å². The highest BCUT2D eigenvalue weighted by molar-refractivity contribution is 6.39. The van der Waals surface area contributed by atoms with Gasteiger partial charge in [0.25, 0.3) is 0 Å². The molecule has 0 bridgehead atoms. The van der Waals surface area contributed by atoms with Crippen LogP contribution in [0.3, 0.4) is 0 Å². The van der Waals surface area contributed by atoms with E-state index in [2.05, 4.69) is 10.6 Å². The Morgan fingerprint density at radius 2 is 1.80 bits per heavy atom. The van der Waals surface area contributed by atoms with Crippen molar-refractivity contribution in [1.82, 2.24) is 5.32 Å². The van der Waals surface area contributed by atoms with Gasteiger partial charge in [-0.3, -0.25) is 9.59 Å². The summed E-state index contributed by atoms with van der Waals surface area (Å²) in [5.74, 6) is -2.12. The van der Waals surface area contributed by atoms with Crippen molar-refractivity contribution < 1.29 is 27.9 Å². The van der Waals surface area contributed by atoms with Crippen LogP contribution in [0, 0.1) is 0 Å². The van der Waals surface area contributed by atoms with Gasteiger partial charge in [0.05, 0.1) is 13.0 Å². The Bertz CT molecular complexity index is 489. The Balaban J connectivity index is 2.77. The van der Waals surface area contributed by atoms with Crippen LogP contribution in [0.15, 0.2) is 24.3 Å². The Morgan fingerprint density at radius 1 is 1.15 bits per heavy atom. The van der Waals surface area contributed by atoms with Gasteiger partial charge >= 0.3 is 18.0 Å². The van der Waals surface area contributed by atoms with Crippen LogP contribution in [0.1, 0.15) is 5.56 Å². The average Bonchev–Trinajstić information content (AvgIpc) is 2.36. The molecule has 8 heteroatoms. The number of nitrogens with one attached hydrogen (secondary N) is 2. The molecule has 0 spiro atoms. The van der Waals surface area contributed by atoms with Crippen LogP contribution in [0.25, 0.3) is 0 Å². The number of rotatable bonds is 4. The summed E-state index contributed by atoms with van der Waals surface area (Å²) in [6.07, 6.45) is -5.62. The van der Waals surface area contributed by atoms with Gasteiger partial charge < -0.3 is 15.7 Å². The number of anilines is 1. The summed E-state index contributed by atoms with van der Waals surface area (Å²) < 4.78 is 37.1. The first kappa shape index (κ1) is 16.0. The van der Waals surface area contributed by atoms with Gasteiger partial charge in [-0.15, -0.1) is 0 Å². The molecule has 3 N–H and O–H groups in total. The standard InChI is InChI=1S/C12H13F3N2O3/c13-12(14,15)7-8-3-1-2-4-9(8)17-11(20)10(19)16-5-6-18/h1-4,18H,5-7H2,(H,16,19)(H,17,20). The fraction of sp³-hybridized carbons (Fsp3) is 0.333. The van der Waals surface area contributed by atoms with Crippen LogP contribution in [-0.2, 0) is 16.0 Å². The predicted molar refractivity (Wildman–Crippen MR) is 64.9 cm³/mol. The van der Waals surface area contributed by atoms with E-state index in [0.717, 1.165) is 0 Å². The van der Waals surface area contributed by atoms with E-state index >= 15 is 0 Å². The summed E-state index contributed by atoms with van der Waals surface area (Å²) in [7, 11) is 0. The predicted octanol–water partition coefficient (Wildman–Crippen LogP) is 0.838. The average molecular weight is 290 g/mol. The zero-order chi connectivity index (χ0) is 15.2. The molecule has 110 valence electrons. The van der Waals surface area contributed by atoms with E-state index in [-0.39, 0.29) is 24.4 Å². The molecule has 1 rings (SSSR count). The summed E-state index contributed by atoms with van der Waals surface area (Å²) >= 11 is 0. The number of para-hydroxylation sites is 1. The van der Waals surface area contributed by atoms with Crippen LogP contribution < -0.4 is 10.6 Å². The quantitative estimate of drug-likeness (QED) is 0.719. The molecule has 0 saturated carbocycles. The van der Waals surface area contributed by atoms with Crippen LogP contribution in [0.4, 0.5) is 18.9 Å². The van der Waals surface area contributed by atoms with Crippen LogP contribution in [0.2, 0.25) is 0 Å². The smallest absolute Gasteiger partial charge is 0.393 e. The van der Waals surface area contributed by atoms with E-state index in [4.69, 9.17) is 5.11 Å². The highest BCUT2D eigenvalue weighted by atomic mass is 19.4. The first-order chi connectivity index (χ1) is 9.33. The molecule has 0 atom stereocenters. The number of alkyl halides is 3. The second-order valence-corrected chi connectivity index (χ2v) is 3.88. The fourth-order valence-electron chi connectivity index (χ4n) is 1.44. The van der Waals surface area contributed by atoms with E-state index in [1.54, 1.807) is 0 Å². The third-order valence-corrected chi connectivity index (χ3v) is 2.26. The molecule has 0 unspecified atom stereocenters. The second kappa shape index (κ2) is 6.90. The Kier molecular flexibility index (Phi) is 5.51. The number of carbonyl (C=O) groups excluding carboxylic acids is 2. The number of benzene rings is 1. The van der Waals surface area contributed by atoms with Gasteiger partial charge in [-0.05, 0) is 11.6 Å². The van der Waals surface area contributed by atoms with Gasteiger partial charge in [-0.2, -0.15) is 13.2 Å². The summed E-state index contributed by atoms with van der Waals surface area (Å²) in [5, 5.41) is 12.7. The number of aliphatic hydroxyl groups excluding tert-OH is 1. The molecule has 0 heterocycles. The van der Waals surface area contributed by atoms with Crippen molar-refractivity contribution in [3.8, 4) is 0 Å². The van der Waals surface area contributed by atoms with Gasteiger partial charge in [0.15, 0.2) is 0 Å². The normalized spacial score (nSPS) is 11.0. The molecule has 0 aromatic heterocycles. The van der Waals surface area contributed by atoms with E-state index in [9.17, 15) is 22.8 Å². The maximum atomic E-state index is 12.4. The molecule has 0 aliphatic rings. The third kappa shape index (κ3) is 5.27. The number of aliphatic hydroxyl groups is 1. The number of carbonyl (C=O) groups is 2. The molecule has 0 saturated heterocycles. The zero-order valence-electron chi connectivity index (χ0n) is 10.3. The van der Waals surface area contributed by atoms with Crippen molar-refractivity contribution in [2.75, 3.05) is 18.5 Å². The number of hydrogen-bond donors (Lipinski definition) is 3. The minimum absolute atomic E-state index is 0.0750. The molecule has 2 amide bonds. The zero-order valence-corrected chi connectivity index (χ0v) is 10.3. The summed E-state index contributed by atoms with van der Waals surface area (Å²) in [6, 6.07) is 5.34. The van der Waals surface area contributed by atoms with Crippen molar-refractivity contribution in [3.63, 3.8) is 0 Å². The fourth-order valence-corrected chi connectivity index (χ4v) is 1.44. The summed E-state index contributed by atoms with van der Waals surface area (Å²) in [5.41, 5.74) is -0.211. The molecule has 0 aliphatic carbocycles. The highest BCUT2D eigenvalue weighted by Crippen LogP contribution is 2.25. The lowest BCUT2D eigenvalue weighted by atomic mass is 10.1. The van der Waals surface area contributed by atoms with Crippen molar-refractivity contribution in [2.45, 2.75) is 12.6 Å². The van der Waals surface area contributed by atoms with Gasteiger partial charge in [0.1, 0.15) is 0 Å². The van der Waals surface area contributed by atoms with E-state index in [1.807, 2.05) is 0 Å². The Labute approximate surface area is 112 Å². The molecule has 1 aromatic rings. The minimum atomic E-state index is -4.42. The Morgan fingerprint density at radius 3 is 2.40 bits per heavy atom. The lowest BCUT2D eigenvalue weighted by molar-refractivity contribution is -0.136. The maximum absolute atomic E-state index is 12.4. The van der Waals surface area contributed by atoms with Crippen LogP contribution in [-0.4, -0.2) is 36.2 Å². The summed E-state index contributed by atoms with van der Waals surface area (Å²) in [4.78, 5) is 22.7. The van der Waals surface area contributed by atoms with Crippen molar-refractivity contribution in [2.24, 2.45) is 0 Å². The Hall–Kier alpha value is -2.09. The first-order valence-corrected chi connectivity index (χ1v) is 5.68. The molecule has 20 heavy (non-hydrogen) atoms. The highest BCUT2D eigenvalue weighted by Gasteiger charge is 2.29. The van der Waals surface area contributed by atoms with E-state index in [1.165, 1.54) is 24.3 Å². The minimum Gasteiger partial charge on any atom is -0.395 e. The van der Waals surface area contributed by atoms with Gasteiger partial charge in [-0.25, -0.2) is 0 Å². The van der Waals surface area contributed by atoms with E-state index < -0.39 is 24.4 Å². The molecule has 0 fully saturated rings. The largest absolute Gasteiger partial charge is 0.395 e. The molecule has 5 nitrogen and oxygen atoms in total. The lowest BCUT2D eigenvalue weighted by Gasteiger charge is -2.12. The molecular weight excluding hydrogens is 277 g/mol. The monoisotopic (exact) mass is 290 g/mol. The number of hydrogen-bond acceptors (Lipinski definition) is 3. The van der Waals surface area contributed by atoms with Crippen LogP contribution in [0.5, 0.6) is 0 Å².